The molecule has 0 aliphatic carbocycles. The maximum atomic E-state index is 5.32. The maximum absolute atomic E-state index is 5.32. The molecule has 0 amide bonds. The molecule has 0 aliphatic heterocycles. The lowest BCUT2D eigenvalue weighted by Crippen LogP contribution is -1.73. The lowest BCUT2D eigenvalue weighted by Gasteiger charge is -1.78. The second kappa shape index (κ2) is 22.5. The summed E-state index contributed by atoms with van der Waals surface area (Å²) in [5.74, 6) is 0. The van der Waals surface area contributed by atoms with Gasteiger partial charge < -0.3 is 17.2 Å². The van der Waals surface area contributed by atoms with Crippen LogP contribution in [0.1, 0.15) is 0 Å². The van der Waals surface area contributed by atoms with Gasteiger partial charge in [-0.15, -0.1) is 0 Å². The van der Waals surface area contributed by atoms with Gasteiger partial charge in [0.15, 0.2) is 0 Å². The molecule has 6 heteroatoms. The van der Waals surface area contributed by atoms with Gasteiger partial charge in [-0.2, -0.15) is 0 Å². The Morgan fingerprint density at radius 2 is 1.23 bits per heavy atom. The molecule has 0 atom stereocenters. The minimum atomic E-state index is 0.294. The summed E-state index contributed by atoms with van der Waals surface area (Å²) in [6.45, 7) is 0. The molecule has 0 unspecified atom stereocenters. The van der Waals surface area contributed by atoms with Crippen molar-refractivity contribution in [2.45, 2.75) is 0 Å². The Morgan fingerprint density at radius 3 is 1.38 bits per heavy atom. The third-order valence-electron chi connectivity index (χ3n) is 0.534. The molecule has 1 rings (SSSR count). The van der Waals surface area contributed by atoms with E-state index >= 15 is 0 Å². The van der Waals surface area contributed by atoms with Crippen molar-refractivity contribution in [1.29, 1.82) is 0 Å². The van der Waals surface area contributed by atoms with E-state index in [2.05, 4.69) is 27.2 Å². The van der Waals surface area contributed by atoms with Crippen molar-refractivity contribution in [3.63, 3.8) is 0 Å². The Kier molecular flexibility index (Phi) is 31.3. The summed E-state index contributed by atoms with van der Waals surface area (Å²) in [5, 5.41) is 0.294. The van der Waals surface area contributed by atoms with Crippen LogP contribution in [0.4, 0.5) is 0 Å². The molecule has 1 heterocycles. The minimum absolute atomic E-state index is 0.294. The number of nitrogens with two attached hydrogens (primary N) is 3. The van der Waals surface area contributed by atoms with Crippen LogP contribution in [0.25, 0.3) is 0 Å². The standard InChI is InChI=1S/C4H3ClN2.3CH5N/c5-4-6-2-1-3-7-4;3*1-2/h1-3H;3*2H2,1H3. The molecule has 0 spiro atoms. The van der Waals surface area contributed by atoms with Gasteiger partial charge in [-0.1, -0.05) is 0 Å². The number of aromatic nitrogens is 2. The zero-order valence-electron chi connectivity index (χ0n) is 8.24. The smallest absolute Gasteiger partial charge is 0.222 e. The van der Waals surface area contributed by atoms with Crippen molar-refractivity contribution in [3.8, 4) is 0 Å². The fourth-order valence-electron chi connectivity index (χ4n) is 0.281. The third-order valence-corrected chi connectivity index (χ3v) is 0.729. The second-order valence-corrected chi connectivity index (χ2v) is 1.36. The van der Waals surface area contributed by atoms with Crippen LogP contribution in [0.2, 0.25) is 5.28 Å². The SMILES string of the molecule is CN.CN.CN.Clc1ncccn1. The van der Waals surface area contributed by atoms with E-state index in [1.807, 2.05) is 0 Å². The Bertz CT molecular complexity index is 147. The summed E-state index contributed by atoms with van der Waals surface area (Å²) >= 11 is 5.32. The Labute approximate surface area is 84.3 Å². The minimum Gasteiger partial charge on any atom is -0.333 e. The second-order valence-electron chi connectivity index (χ2n) is 1.02. The van der Waals surface area contributed by atoms with E-state index in [1.54, 1.807) is 18.5 Å². The van der Waals surface area contributed by atoms with Gasteiger partial charge in [-0.25, -0.2) is 9.97 Å². The Balaban J connectivity index is -0.000000144. The molecule has 1 aromatic heterocycles. The van der Waals surface area contributed by atoms with Crippen molar-refractivity contribution in [1.82, 2.24) is 9.97 Å². The molecule has 1 aromatic rings. The first-order valence-corrected chi connectivity index (χ1v) is 3.93. The summed E-state index contributed by atoms with van der Waals surface area (Å²) in [6.07, 6.45) is 3.19. The van der Waals surface area contributed by atoms with Crippen LogP contribution < -0.4 is 17.2 Å². The summed E-state index contributed by atoms with van der Waals surface area (Å²) in [4.78, 5) is 7.27. The van der Waals surface area contributed by atoms with E-state index in [0.717, 1.165) is 0 Å². The monoisotopic (exact) mass is 207 g/mol. The van der Waals surface area contributed by atoms with Crippen LogP contribution in [-0.2, 0) is 0 Å². The van der Waals surface area contributed by atoms with Gasteiger partial charge in [0.2, 0.25) is 5.28 Å². The lowest BCUT2D eigenvalue weighted by molar-refractivity contribution is 1.17. The zero-order chi connectivity index (χ0) is 11.1. The van der Waals surface area contributed by atoms with Crippen molar-refractivity contribution in [2.75, 3.05) is 21.1 Å². The van der Waals surface area contributed by atoms with Crippen molar-refractivity contribution in [2.24, 2.45) is 17.2 Å². The molecule has 0 fully saturated rings. The summed E-state index contributed by atoms with van der Waals surface area (Å²) in [5.41, 5.74) is 13.5. The summed E-state index contributed by atoms with van der Waals surface area (Å²) in [7, 11) is 4.50. The van der Waals surface area contributed by atoms with Gasteiger partial charge >= 0.3 is 0 Å². The maximum Gasteiger partial charge on any atom is 0.222 e. The van der Waals surface area contributed by atoms with E-state index in [1.165, 1.54) is 21.1 Å². The highest BCUT2D eigenvalue weighted by Gasteiger charge is 1.78. The number of nitrogens with zero attached hydrogens (tertiary/aromatic N) is 2. The molecular formula is C7H18ClN5. The molecule has 0 radical (unpaired) electrons. The summed E-state index contributed by atoms with van der Waals surface area (Å²) in [6, 6.07) is 1.71. The van der Waals surface area contributed by atoms with E-state index < -0.39 is 0 Å². The fraction of sp³-hybridized carbons (Fsp3) is 0.429. The van der Waals surface area contributed by atoms with Crippen molar-refractivity contribution >= 4 is 11.6 Å². The van der Waals surface area contributed by atoms with Crippen LogP contribution in [0.3, 0.4) is 0 Å². The number of rotatable bonds is 0. The Morgan fingerprint density at radius 1 is 0.923 bits per heavy atom. The molecule has 0 aliphatic rings. The lowest BCUT2D eigenvalue weighted by atomic mass is 10.7. The molecule has 5 nitrogen and oxygen atoms in total. The molecule has 13 heavy (non-hydrogen) atoms. The zero-order valence-corrected chi connectivity index (χ0v) is 8.99. The quantitative estimate of drug-likeness (QED) is 0.514. The molecular weight excluding hydrogens is 190 g/mol. The summed E-state index contributed by atoms with van der Waals surface area (Å²) < 4.78 is 0. The highest BCUT2D eigenvalue weighted by atomic mass is 35.5. The predicted octanol–water partition coefficient (Wildman–Crippen LogP) is -0.145. The molecule has 0 saturated heterocycles. The average molecular weight is 208 g/mol. The van der Waals surface area contributed by atoms with Gasteiger partial charge in [-0.3, -0.25) is 0 Å². The normalized spacial score (nSPS) is 6.08. The topological polar surface area (TPSA) is 104 Å². The average Bonchev–Trinajstić information content (AvgIpc) is 2.28. The van der Waals surface area contributed by atoms with E-state index in [-0.39, 0.29) is 0 Å². The van der Waals surface area contributed by atoms with Crippen LogP contribution in [-0.4, -0.2) is 31.1 Å². The van der Waals surface area contributed by atoms with E-state index in [0.29, 0.717) is 5.28 Å². The largest absolute Gasteiger partial charge is 0.333 e. The first kappa shape index (κ1) is 18.1. The first-order chi connectivity index (χ1) is 6.39. The van der Waals surface area contributed by atoms with Crippen LogP contribution in [0, 0.1) is 0 Å². The third kappa shape index (κ3) is 18.3. The van der Waals surface area contributed by atoms with E-state index in [4.69, 9.17) is 11.6 Å². The highest BCUT2D eigenvalue weighted by Crippen LogP contribution is 1.92. The van der Waals surface area contributed by atoms with Gasteiger partial charge in [-0.05, 0) is 38.8 Å². The van der Waals surface area contributed by atoms with Crippen LogP contribution >= 0.6 is 11.6 Å². The molecule has 6 N–H and O–H groups in total. The predicted molar refractivity (Wildman–Crippen MR) is 57.4 cm³/mol. The molecule has 78 valence electrons. The van der Waals surface area contributed by atoms with Gasteiger partial charge in [0.05, 0.1) is 0 Å². The van der Waals surface area contributed by atoms with Crippen molar-refractivity contribution in [3.05, 3.63) is 23.7 Å². The first-order valence-electron chi connectivity index (χ1n) is 3.55. The van der Waals surface area contributed by atoms with Crippen LogP contribution in [0.15, 0.2) is 18.5 Å². The van der Waals surface area contributed by atoms with Gasteiger partial charge in [0, 0.05) is 12.4 Å². The van der Waals surface area contributed by atoms with Gasteiger partial charge in [0.25, 0.3) is 0 Å². The number of hydrogen-bond acceptors (Lipinski definition) is 5. The van der Waals surface area contributed by atoms with Gasteiger partial charge in [0.1, 0.15) is 0 Å². The fourth-order valence-corrected chi connectivity index (χ4v) is 0.394. The molecule has 0 bridgehead atoms. The van der Waals surface area contributed by atoms with Crippen LogP contribution in [0.5, 0.6) is 0 Å². The molecule has 0 aromatic carbocycles. The molecule has 0 saturated carbocycles. The Hall–Kier alpha value is -0.750. The highest BCUT2D eigenvalue weighted by molar-refractivity contribution is 6.28. The van der Waals surface area contributed by atoms with E-state index in [9.17, 15) is 0 Å². The van der Waals surface area contributed by atoms with Crippen molar-refractivity contribution < 1.29 is 0 Å². The number of halogens is 1. The number of hydrogen-bond donors (Lipinski definition) is 3.